The van der Waals surface area contributed by atoms with E-state index in [4.69, 9.17) is 9.84 Å². The topological polar surface area (TPSA) is 110 Å². The Labute approximate surface area is 141 Å². The maximum Gasteiger partial charge on any atom is 0.303 e. The first-order chi connectivity index (χ1) is 11.1. The summed E-state index contributed by atoms with van der Waals surface area (Å²) in [4.78, 5) is 23.0. The van der Waals surface area contributed by atoms with Crippen LogP contribution in [-0.4, -0.2) is 50.4 Å². The Balaban J connectivity index is 2.78. The summed E-state index contributed by atoms with van der Waals surface area (Å²) in [6.45, 7) is 3.57. The number of ether oxygens (including phenoxy) is 1. The van der Waals surface area contributed by atoms with Crippen molar-refractivity contribution >= 4 is 21.7 Å². The molecule has 134 valence electrons. The molecule has 1 aromatic carbocycles. The number of carbonyl (C=O) groups is 2. The molecule has 7 nitrogen and oxygen atoms in total. The van der Waals surface area contributed by atoms with E-state index in [0.29, 0.717) is 5.56 Å². The molecule has 0 saturated heterocycles. The van der Waals surface area contributed by atoms with E-state index in [9.17, 15) is 18.0 Å². The molecule has 0 bridgehead atoms. The zero-order valence-corrected chi connectivity index (χ0v) is 14.9. The van der Waals surface area contributed by atoms with Crippen LogP contribution in [0.4, 0.5) is 0 Å². The summed E-state index contributed by atoms with van der Waals surface area (Å²) >= 11 is 0. The van der Waals surface area contributed by atoms with Crippen molar-refractivity contribution < 1.29 is 27.9 Å². The van der Waals surface area contributed by atoms with E-state index in [1.807, 2.05) is 0 Å². The van der Waals surface area contributed by atoms with Gasteiger partial charge < -0.3 is 15.2 Å². The van der Waals surface area contributed by atoms with Gasteiger partial charge in [0.15, 0.2) is 9.84 Å². The highest BCUT2D eigenvalue weighted by molar-refractivity contribution is 7.91. The second-order valence-electron chi connectivity index (χ2n) is 6.07. The SMILES string of the molecule is COCCS(=O)(=O)c1ccc(C(=O)NC(C)(C)CCC(=O)O)cc1. The van der Waals surface area contributed by atoms with Gasteiger partial charge in [0.1, 0.15) is 0 Å². The summed E-state index contributed by atoms with van der Waals surface area (Å²) < 4.78 is 28.8. The number of carboxylic acids is 1. The lowest BCUT2D eigenvalue weighted by Crippen LogP contribution is -2.43. The molecule has 0 radical (unpaired) electrons. The van der Waals surface area contributed by atoms with Gasteiger partial charge in [0.05, 0.1) is 17.3 Å². The van der Waals surface area contributed by atoms with Crippen molar-refractivity contribution in [2.24, 2.45) is 0 Å². The lowest BCUT2D eigenvalue weighted by atomic mass is 9.98. The standard InChI is InChI=1S/C16H23NO6S/c1-16(2,9-8-14(18)19)17-15(20)12-4-6-13(7-5-12)24(21,22)11-10-23-3/h4-7H,8-11H2,1-3H3,(H,17,20)(H,18,19). The Bertz CT molecular complexity index is 679. The number of carbonyl (C=O) groups excluding carboxylic acids is 1. The van der Waals surface area contributed by atoms with Gasteiger partial charge in [-0.05, 0) is 44.5 Å². The summed E-state index contributed by atoms with van der Waals surface area (Å²) in [7, 11) is -2.01. The predicted octanol–water partition coefficient (Wildman–Crippen LogP) is 1.48. The molecule has 0 aliphatic heterocycles. The first kappa shape index (κ1) is 20.1. The number of methoxy groups -OCH3 is 1. The fourth-order valence-electron chi connectivity index (χ4n) is 1.99. The number of hydrogen-bond acceptors (Lipinski definition) is 5. The average Bonchev–Trinajstić information content (AvgIpc) is 2.51. The van der Waals surface area contributed by atoms with Crippen molar-refractivity contribution in [2.75, 3.05) is 19.5 Å². The van der Waals surface area contributed by atoms with Crippen LogP contribution >= 0.6 is 0 Å². The minimum Gasteiger partial charge on any atom is -0.481 e. The smallest absolute Gasteiger partial charge is 0.303 e. The Hall–Kier alpha value is -1.93. The van der Waals surface area contributed by atoms with Gasteiger partial charge in [-0.1, -0.05) is 0 Å². The molecule has 8 heteroatoms. The highest BCUT2D eigenvalue weighted by Gasteiger charge is 2.22. The van der Waals surface area contributed by atoms with E-state index >= 15 is 0 Å². The summed E-state index contributed by atoms with van der Waals surface area (Å²) in [6, 6.07) is 5.62. The quantitative estimate of drug-likeness (QED) is 0.693. The first-order valence-electron chi connectivity index (χ1n) is 7.43. The first-order valence-corrected chi connectivity index (χ1v) is 9.09. The molecule has 2 N–H and O–H groups in total. The second-order valence-corrected chi connectivity index (χ2v) is 8.18. The van der Waals surface area contributed by atoms with E-state index in [1.165, 1.54) is 31.4 Å². The van der Waals surface area contributed by atoms with Gasteiger partial charge in [-0.15, -0.1) is 0 Å². The highest BCUT2D eigenvalue weighted by atomic mass is 32.2. The highest BCUT2D eigenvalue weighted by Crippen LogP contribution is 2.15. The van der Waals surface area contributed by atoms with E-state index in [0.717, 1.165) is 0 Å². The average molecular weight is 357 g/mol. The van der Waals surface area contributed by atoms with Gasteiger partial charge in [-0.25, -0.2) is 8.42 Å². The summed E-state index contributed by atoms with van der Waals surface area (Å²) in [5.74, 6) is -1.44. The molecule has 0 spiro atoms. The van der Waals surface area contributed by atoms with E-state index in [-0.39, 0.29) is 36.0 Å². The van der Waals surface area contributed by atoms with Gasteiger partial charge in [-0.3, -0.25) is 9.59 Å². The maximum absolute atomic E-state index is 12.2. The molecule has 0 aliphatic carbocycles. The van der Waals surface area contributed by atoms with Crippen LogP contribution in [0.2, 0.25) is 0 Å². The third kappa shape index (κ3) is 6.29. The zero-order chi connectivity index (χ0) is 18.4. The zero-order valence-electron chi connectivity index (χ0n) is 14.0. The van der Waals surface area contributed by atoms with Crippen molar-refractivity contribution in [2.45, 2.75) is 37.1 Å². The second kappa shape index (κ2) is 8.25. The predicted molar refractivity (Wildman–Crippen MR) is 88.8 cm³/mol. The molecule has 0 aromatic heterocycles. The number of amides is 1. The van der Waals surface area contributed by atoms with Gasteiger partial charge in [0.2, 0.25) is 0 Å². The van der Waals surface area contributed by atoms with Crippen molar-refractivity contribution in [3.8, 4) is 0 Å². The third-order valence-corrected chi connectivity index (χ3v) is 5.14. The van der Waals surface area contributed by atoms with Crippen molar-refractivity contribution in [1.82, 2.24) is 5.32 Å². The van der Waals surface area contributed by atoms with E-state index in [2.05, 4.69) is 5.32 Å². The van der Waals surface area contributed by atoms with Crippen LogP contribution in [0.1, 0.15) is 37.0 Å². The fraction of sp³-hybridized carbons (Fsp3) is 0.500. The molecular formula is C16H23NO6S. The maximum atomic E-state index is 12.2. The minimum absolute atomic E-state index is 0.0516. The van der Waals surface area contributed by atoms with E-state index in [1.54, 1.807) is 13.8 Å². The Morgan fingerprint density at radius 3 is 2.29 bits per heavy atom. The normalized spacial score (nSPS) is 12.0. The number of sulfone groups is 1. The van der Waals surface area contributed by atoms with Crippen LogP contribution in [0.25, 0.3) is 0 Å². The summed E-state index contributed by atoms with van der Waals surface area (Å²) in [5.41, 5.74) is -0.373. The van der Waals surface area contributed by atoms with Crippen LogP contribution in [-0.2, 0) is 19.4 Å². The number of hydrogen-bond donors (Lipinski definition) is 2. The monoisotopic (exact) mass is 357 g/mol. The minimum atomic E-state index is -3.44. The molecule has 0 unspecified atom stereocenters. The number of aliphatic carboxylic acids is 1. The van der Waals surface area contributed by atoms with E-state index < -0.39 is 21.3 Å². The molecule has 1 rings (SSSR count). The van der Waals surface area contributed by atoms with Crippen molar-refractivity contribution in [1.29, 1.82) is 0 Å². The molecule has 0 heterocycles. The van der Waals surface area contributed by atoms with Gasteiger partial charge in [-0.2, -0.15) is 0 Å². The Morgan fingerprint density at radius 1 is 1.21 bits per heavy atom. The molecule has 24 heavy (non-hydrogen) atoms. The number of carboxylic acid groups (broad SMARTS) is 1. The summed E-state index contributed by atoms with van der Waals surface area (Å²) in [6.07, 6.45) is 0.238. The van der Waals surface area contributed by atoms with Gasteiger partial charge >= 0.3 is 5.97 Å². The largest absolute Gasteiger partial charge is 0.481 e. The number of nitrogens with one attached hydrogen (secondary N) is 1. The molecule has 0 saturated carbocycles. The lowest BCUT2D eigenvalue weighted by Gasteiger charge is -2.25. The van der Waals surface area contributed by atoms with Crippen LogP contribution in [0.5, 0.6) is 0 Å². The van der Waals surface area contributed by atoms with Crippen molar-refractivity contribution in [3.05, 3.63) is 29.8 Å². The van der Waals surface area contributed by atoms with Crippen LogP contribution < -0.4 is 5.32 Å². The van der Waals surface area contributed by atoms with Gasteiger partial charge in [0, 0.05) is 24.6 Å². The molecule has 1 aromatic rings. The molecule has 0 fully saturated rings. The Kier molecular flexibility index (Phi) is 6.92. The molecule has 0 atom stereocenters. The lowest BCUT2D eigenvalue weighted by molar-refractivity contribution is -0.137. The molecule has 0 aliphatic rings. The molecule has 1 amide bonds. The third-order valence-electron chi connectivity index (χ3n) is 3.45. The molecular weight excluding hydrogens is 334 g/mol. The summed E-state index contributed by atoms with van der Waals surface area (Å²) in [5, 5.41) is 11.5. The number of rotatable bonds is 9. The fourth-order valence-corrected chi connectivity index (χ4v) is 3.16. The van der Waals surface area contributed by atoms with Crippen LogP contribution in [0.15, 0.2) is 29.2 Å². The number of benzene rings is 1. The van der Waals surface area contributed by atoms with Crippen molar-refractivity contribution in [3.63, 3.8) is 0 Å². The Morgan fingerprint density at radius 2 is 1.79 bits per heavy atom. The van der Waals surface area contributed by atoms with Crippen LogP contribution in [0.3, 0.4) is 0 Å². The van der Waals surface area contributed by atoms with Crippen LogP contribution in [0, 0.1) is 0 Å². The van der Waals surface area contributed by atoms with Gasteiger partial charge in [0.25, 0.3) is 5.91 Å².